The van der Waals surface area contributed by atoms with Gasteiger partial charge in [-0.3, -0.25) is 0 Å². The first-order valence-corrected chi connectivity index (χ1v) is 8.39. The van der Waals surface area contributed by atoms with E-state index in [1.807, 2.05) is 6.92 Å². The normalized spacial score (nSPS) is 16.6. The lowest BCUT2D eigenvalue weighted by Crippen LogP contribution is -2.33. The van der Waals surface area contributed by atoms with Gasteiger partial charge in [0, 0.05) is 11.4 Å². The van der Waals surface area contributed by atoms with E-state index in [1.54, 1.807) is 0 Å². The van der Waals surface area contributed by atoms with Gasteiger partial charge in [0.2, 0.25) is 0 Å². The van der Waals surface area contributed by atoms with Crippen LogP contribution in [0.1, 0.15) is 71.6 Å². The molecule has 0 saturated carbocycles. The number of aliphatic hydroxyl groups is 1. The Morgan fingerprint density at radius 1 is 1.00 bits per heavy atom. The number of halogens is 1. The summed E-state index contributed by atoms with van der Waals surface area (Å²) in [6.45, 7) is 4.10. The van der Waals surface area contributed by atoms with E-state index in [2.05, 4.69) is 25.9 Å². The van der Waals surface area contributed by atoms with E-state index in [1.165, 1.54) is 38.5 Å². The zero-order valence-electron chi connectivity index (χ0n) is 13.4. The second-order valence-electron chi connectivity index (χ2n) is 6.09. The van der Waals surface area contributed by atoms with E-state index in [0.29, 0.717) is 6.04 Å². The van der Waals surface area contributed by atoms with Gasteiger partial charge in [0.1, 0.15) is 0 Å². The molecule has 19 heavy (non-hydrogen) atoms. The van der Waals surface area contributed by atoms with Crippen molar-refractivity contribution in [2.45, 2.75) is 89.2 Å². The van der Waals surface area contributed by atoms with Crippen molar-refractivity contribution in [2.24, 2.45) is 0 Å². The summed E-state index contributed by atoms with van der Waals surface area (Å²) in [7, 11) is 4.14. The molecule has 2 nitrogen and oxygen atoms in total. The van der Waals surface area contributed by atoms with Crippen molar-refractivity contribution >= 4 is 11.6 Å². The van der Waals surface area contributed by atoms with Crippen LogP contribution >= 0.6 is 11.6 Å². The molecule has 0 amide bonds. The molecule has 0 bridgehead atoms. The van der Waals surface area contributed by atoms with Crippen LogP contribution in [0.3, 0.4) is 0 Å². The topological polar surface area (TPSA) is 23.5 Å². The highest BCUT2D eigenvalue weighted by Crippen LogP contribution is 2.20. The maximum Gasteiger partial charge on any atom is 0.0527 e. The smallest absolute Gasteiger partial charge is 0.0527 e. The number of hydrogen-bond acceptors (Lipinski definition) is 2. The second-order valence-corrected chi connectivity index (χ2v) is 6.71. The van der Waals surface area contributed by atoms with Crippen molar-refractivity contribution in [3.63, 3.8) is 0 Å². The van der Waals surface area contributed by atoms with Gasteiger partial charge in [0.05, 0.1) is 6.10 Å². The average molecular weight is 292 g/mol. The second kappa shape index (κ2) is 12.0. The Bertz CT molecular complexity index is 197. The van der Waals surface area contributed by atoms with Crippen LogP contribution in [0, 0.1) is 0 Å². The SMILES string of the molecule is CCCCCCCCC(Cl)CC(CC(C)O)N(C)C. The molecule has 0 aliphatic rings. The van der Waals surface area contributed by atoms with Crippen LogP contribution in [0.15, 0.2) is 0 Å². The summed E-state index contributed by atoms with van der Waals surface area (Å²) < 4.78 is 0. The summed E-state index contributed by atoms with van der Waals surface area (Å²) >= 11 is 6.43. The lowest BCUT2D eigenvalue weighted by Gasteiger charge is -2.27. The van der Waals surface area contributed by atoms with Crippen molar-refractivity contribution < 1.29 is 5.11 Å². The fourth-order valence-corrected chi connectivity index (χ4v) is 2.83. The Kier molecular flexibility index (Phi) is 12.1. The molecule has 3 atom stereocenters. The molecular weight excluding hydrogens is 258 g/mol. The monoisotopic (exact) mass is 291 g/mol. The Hall–Kier alpha value is 0.210. The van der Waals surface area contributed by atoms with Gasteiger partial charge in [-0.05, 0) is 40.3 Å². The van der Waals surface area contributed by atoms with Crippen molar-refractivity contribution in [1.29, 1.82) is 0 Å². The van der Waals surface area contributed by atoms with E-state index >= 15 is 0 Å². The third kappa shape index (κ3) is 11.7. The summed E-state index contributed by atoms with van der Waals surface area (Å²) in [6.07, 6.45) is 10.6. The first-order chi connectivity index (χ1) is 8.97. The molecule has 0 radical (unpaired) electrons. The molecule has 0 aromatic heterocycles. The number of aliphatic hydroxyl groups excluding tert-OH is 1. The van der Waals surface area contributed by atoms with E-state index in [-0.39, 0.29) is 11.5 Å². The van der Waals surface area contributed by atoms with Crippen LogP contribution in [-0.2, 0) is 0 Å². The predicted octanol–water partition coefficient (Wildman–Crippen LogP) is 4.44. The number of hydrogen-bond donors (Lipinski definition) is 1. The fourth-order valence-electron chi connectivity index (χ4n) is 2.47. The van der Waals surface area contributed by atoms with E-state index in [9.17, 15) is 5.11 Å². The Morgan fingerprint density at radius 2 is 1.58 bits per heavy atom. The zero-order valence-corrected chi connectivity index (χ0v) is 14.1. The summed E-state index contributed by atoms with van der Waals surface area (Å²) in [5.74, 6) is 0. The summed E-state index contributed by atoms with van der Waals surface area (Å²) in [5.41, 5.74) is 0. The molecule has 0 rings (SSSR count). The molecule has 0 spiro atoms. The van der Waals surface area contributed by atoms with Gasteiger partial charge in [-0.2, -0.15) is 0 Å². The maximum absolute atomic E-state index is 9.51. The average Bonchev–Trinajstić information content (AvgIpc) is 2.32. The maximum atomic E-state index is 9.51. The third-order valence-electron chi connectivity index (χ3n) is 3.74. The third-order valence-corrected chi connectivity index (χ3v) is 4.14. The summed E-state index contributed by atoms with van der Waals surface area (Å²) in [4.78, 5) is 2.18. The van der Waals surface area contributed by atoms with Crippen LogP contribution in [0.25, 0.3) is 0 Å². The highest BCUT2D eigenvalue weighted by atomic mass is 35.5. The van der Waals surface area contributed by atoms with Gasteiger partial charge in [-0.15, -0.1) is 11.6 Å². The molecule has 1 N–H and O–H groups in total. The number of alkyl halides is 1. The Morgan fingerprint density at radius 3 is 2.11 bits per heavy atom. The number of nitrogens with zero attached hydrogens (tertiary/aromatic N) is 1. The molecule has 0 fully saturated rings. The van der Waals surface area contributed by atoms with Gasteiger partial charge < -0.3 is 10.0 Å². The molecule has 0 heterocycles. The van der Waals surface area contributed by atoms with E-state index < -0.39 is 0 Å². The first kappa shape index (κ1) is 19.2. The van der Waals surface area contributed by atoms with Gasteiger partial charge in [0.15, 0.2) is 0 Å². The minimum absolute atomic E-state index is 0.245. The van der Waals surface area contributed by atoms with Gasteiger partial charge in [0.25, 0.3) is 0 Å². The summed E-state index contributed by atoms with van der Waals surface area (Å²) in [5, 5.41) is 9.76. The molecule has 0 saturated heterocycles. The summed E-state index contributed by atoms with van der Waals surface area (Å²) in [6, 6.07) is 0.391. The fraction of sp³-hybridized carbons (Fsp3) is 1.00. The molecule has 0 aromatic rings. The van der Waals surface area contributed by atoms with Crippen molar-refractivity contribution in [3.8, 4) is 0 Å². The number of unbranched alkanes of at least 4 members (excludes halogenated alkanes) is 5. The number of rotatable bonds is 12. The first-order valence-electron chi connectivity index (χ1n) is 7.95. The van der Waals surface area contributed by atoms with Crippen LogP contribution in [-0.4, -0.2) is 41.6 Å². The van der Waals surface area contributed by atoms with Crippen LogP contribution < -0.4 is 0 Å². The lowest BCUT2D eigenvalue weighted by atomic mass is 10.00. The van der Waals surface area contributed by atoms with Crippen LogP contribution in [0.4, 0.5) is 0 Å². The van der Waals surface area contributed by atoms with E-state index in [0.717, 1.165) is 19.3 Å². The Balaban J connectivity index is 3.71. The van der Waals surface area contributed by atoms with Crippen LogP contribution in [0.5, 0.6) is 0 Å². The standard InChI is InChI=1S/C16H34ClNO/c1-5-6-7-8-9-10-11-15(17)13-16(18(3)4)12-14(2)19/h14-16,19H,5-13H2,1-4H3. The molecule has 0 aromatic carbocycles. The zero-order chi connectivity index (χ0) is 14.7. The highest BCUT2D eigenvalue weighted by Gasteiger charge is 2.18. The van der Waals surface area contributed by atoms with Crippen molar-refractivity contribution in [3.05, 3.63) is 0 Å². The van der Waals surface area contributed by atoms with Gasteiger partial charge >= 0.3 is 0 Å². The highest BCUT2D eigenvalue weighted by molar-refractivity contribution is 6.20. The van der Waals surface area contributed by atoms with Crippen molar-refractivity contribution in [1.82, 2.24) is 4.90 Å². The molecular formula is C16H34ClNO. The predicted molar refractivity (Wildman–Crippen MR) is 86.0 cm³/mol. The molecule has 0 aliphatic heterocycles. The molecule has 116 valence electrons. The lowest BCUT2D eigenvalue weighted by molar-refractivity contribution is 0.133. The minimum Gasteiger partial charge on any atom is -0.393 e. The minimum atomic E-state index is -0.245. The largest absolute Gasteiger partial charge is 0.393 e. The molecule has 3 heteroatoms. The van der Waals surface area contributed by atoms with Gasteiger partial charge in [-0.25, -0.2) is 0 Å². The van der Waals surface area contributed by atoms with Gasteiger partial charge in [-0.1, -0.05) is 45.4 Å². The Labute approximate surface area is 125 Å². The molecule has 0 aliphatic carbocycles. The van der Waals surface area contributed by atoms with Crippen LogP contribution in [0.2, 0.25) is 0 Å². The van der Waals surface area contributed by atoms with Crippen molar-refractivity contribution in [2.75, 3.05) is 14.1 Å². The molecule has 3 unspecified atom stereocenters. The van der Waals surface area contributed by atoms with E-state index in [4.69, 9.17) is 11.6 Å². The quantitative estimate of drug-likeness (QED) is 0.424.